The van der Waals surface area contributed by atoms with Crippen molar-refractivity contribution in [2.24, 2.45) is 0 Å². The van der Waals surface area contributed by atoms with Crippen LogP contribution < -0.4 is 0 Å². The molecule has 1 aromatic rings. The van der Waals surface area contributed by atoms with Gasteiger partial charge in [0.25, 0.3) is 5.69 Å². The van der Waals surface area contributed by atoms with E-state index >= 15 is 0 Å². The summed E-state index contributed by atoms with van der Waals surface area (Å²) >= 11 is 0. The number of benzene rings is 1. The van der Waals surface area contributed by atoms with Crippen molar-refractivity contribution in [1.82, 2.24) is 0 Å². The monoisotopic (exact) mass is 323 g/mol. The summed E-state index contributed by atoms with van der Waals surface area (Å²) in [6, 6.07) is 5.01. The van der Waals surface area contributed by atoms with Gasteiger partial charge in [-0.2, -0.15) is 0 Å². The van der Waals surface area contributed by atoms with Crippen molar-refractivity contribution in [3.63, 3.8) is 0 Å². The number of hydrogen-bond donors (Lipinski definition) is 0. The summed E-state index contributed by atoms with van der Waals surface area (Å²) in [5.74, 6) is -1.44. The molecule has 0 saturated heterocycles. The Bertz CT molecular complexity index is 580. The Morgan fingerprint density at radius 1 is 1.04 bits per heavy atom. The number of ether oxygens (including phenoxy) is 2. The summed E-state index contributed by atoms with van der Waals surface area (Å²) < 4.78 is 9.52. The van der Waals surface area contributed by atoms with Crippen molar-refractivity contribution < 1.29 is 28.8 Å². The molecule has 1 rings (SSSR count). The molecule has 0 aliphatic rings. The van der Waals surface area contributed by atoms with Crippen molar-refractivity contribution in [2.75, 3.05) is 13.2 Å². The van der Waals surface area contributed by atoms with E-state index < -0.39 is 23.3 Å². The lowest BCUT2D eigenvalue weighted by Crippen LogP contribution is -2.14. The fourth-order valence-corrected chi connectivity index (χ4v) is 1.68. The zero-order valence-electron chi connectivity index (χ0n) is 12.6. The maximum absolute atomic E-state index is 11.8. The summed E-state index contributed by atoms with van der Waals surface area (Å²) in [6.07, 6.45) is 0.398. The minimum atomic E-state index is -0.593. The first-order chi connectivity index (χ1) is 10.9. The summed E-state index contributed by atoms with van der Waals surface area (Å²) in [7, 11) is 0. The van der Waals surface area contributed by atoms with Gasteiger partial charge in [-0.05, 0) is 25.5 Å². The molecule has 0 aromatic heterocycles. The third-order valence-electron chi connectivity index (χ3n) is 2.83. The standard InChI is InChI=1S/C15H17NO7/c1-2-22-14(18)4-3-5-15(19)23-10-13(17)11-6-8-12(9-7-11)16(20)21/h6-9H,2-5,10H2,1H3. The van der Waals surface area contributed by atoms with Crippen molar-refractivity contribution >= 4 is 23.4 Å². The summed E-state index contributed by atoms with van der Waals surface area (Å²) in [6.45, 7) is 1.53. The molecule has 0 aliphatic carbocycles. The van der Waals surface area contributed by atoms with E-state index in [1.54, 1.807) is 6.92 Å². The SMILES string of the molecule is CCOC(=O)CCCC(=O)OCC(=O)c1ccc([N+](=O)[O-])cc1. The van der Waals surface area contributed by atoms with E-state index in [2.05, 4.69) is 0 Å². The topological polar surface area (TPSA) is 113 Å². The number of Topliss-reactive ketones (excluding diaryl/α,β-unsaturated/α-hetero) is 1. The van der Waals surface area contributed by atoms with Crippen LogP contribution >= 0.6 is 0 Å². The molecule has 0 heterocycles. The van der Waals surface area contributed by atoms with E-state index in [1.165, 1.54) is 24.3 Å². The molecule has 0 bridgehead atoms. The number of hydrogen-bond acceptors (Lipinski definition) is 7. The van der Waals surface area contributed by atoms with Crippen molar-refractivity contribution in [3.05, 3.63) is 39.9 Å². The molecular weight excluding hydrogens is 306 g/mol. The van der Waals surface area contributed by atoms with Gasteiger partial charge in [0, 0.05) is 30.5 Å². The lowest BCUT2D eigenvalue weighted by molar-refractivity contribution is -0.384. The van der Waals surface area contributed by atoms with E-state index in [0.717, 1.165) is 0 Å². The lowest BCUT2D eigenvalue weighted by atomic mass is 10.1. The highest BCUT2D eigenvalue weighted by molar-refractivity contribution is 5.98. The first-order valence-electron chi connectivity index (χ1n) is 7.03. The Kier molecular flexibility index (Phi) is 7.38. The maximum Gasteiger partial charge on any atom is 0.306 e. The highest BCUT2D eigenvalue weighted by Crippen LogP contribution is 2.12. The minimum Gasteiger partial charge on any atom is -0.466 e. The Labute approximate surface area is 132 Å². The van der Waals surface area contributed by atoms with Crippen molar-refractivity contribution in [1.29, 1.82) is 0 Å². The summed E-state index contributed by atoms with van der Waals surface area (Å²) in [4.78, 5) is 44.2. The van der Waals surface area contributed by atoms with Crippen LogP contribution in [0.2, 0.25) is 0 Å². The number of carbonyl (C=O) groups excluding carboxylic acids is 3. The van der Waals surface area contributed by atoms with Gasteiger partial charge in [0.15, 0.2) is 12.4 Å². The van der Waals surface area contributed by atoms with Gasteiger partial charge in [0.1, 0.15) is 0 Å². The second kappa shape index (κ2) is 9.29. The first-order valence-corrected chi connectivity index (χ1v) is 7.03. The molecule has 0 spiro atoms. The van der Waals surface area contributed by atoms with Crippen LogP contribution in [-0.2, 0) is 19.1 Å². The van der Waals surface area contributed by atoms with Gasteiger partial charge in [-0.3, -0.25) is 24.5 Å². The Hall–Kier alpha value is -2.77. The van der Waals surface area contributed by atoms with Crippen LogP contribution in [0.15, 0.2) is 24.3 Å². The van der Waals surface area contributed by atoms with Crippen LogP contribution in [-0.4, -0.2) is 35.9 Å². The van der Waals surface area contributed by atoms with Crippen LogP contribution in [0.25, 0.3) is 0 Å². The molecule has 23 heavy (non-hydrogen) atoms. The van der Waals surface area contributed by atoms with Crippen molar-refractivity contribution in [2.45, 2.75) is 26.2 Å². The fraction of sp³-hybridized carbons (Fsp3) is 0.400. The average Bonchev–Trinajstić information content (AvgIpc) is 2.53. The number of esters is 2. The van der Waals surface area contributed by atoms with Crippen LogP contribution in [0.4, 0.5) is 5.69 Å². The van der Waals surface area contributed by atoms with Gasteiger partial charge in [-0.1, -0.05) is 0 Å². The third kappa shape index (κ3) is 6.68. The molecule has 0 saturated carbocycles. The highest BCUT2D eigenvalue weighted by Gasteiger charge is 2.12. The molecule has 0 N–H and O–H groups in total. The highest BCUT2D eigenvalue weighted by atomic mass is 16.6. The van der Waals surface area contributed by atoms with Gasteiger partial charge in [-0.25, -0.2) is 0 Å². The molecule has 1 aromatic carbocycles. The molecule has 0 aliphatic heterocycles. The molecule has 8 nitrogen and oxygen atoms in total. The summed E-state index contributed by atoms with van der Waals surface area (Å²) in [5, 5.41) is 10.5. The Balaban J connectivity index is 2.33. The molecule has 0 unspecified atom stereocenters. The number of nitrogens with zero attached hydrogens (tertiary/aromatic N) is 1. The second-order valence-electron chi connectivity index (χ2n) is 4.55. The quantitative estimate of drug-likeness (QED) is 0.296. The fourth-order valence-electron chi connectivity index (χ4n) is 1.68. The number of nitro benzene ring substituents is 1. The van der Waals surface area contributed by atoms with Crippen molar-refractivity contribution in [3.8, 4) is 0 Å². The molecule has 8 heteroatoms. The Morgan fingerprint density at radius 3 is 2.13 bits per heavy atom. The van der Waals surface area contributed by atoms with Crippen LogP contribution in [0, 0.1) is 10.1 Å². The van der Waals surface area contributed by atoms with Gasteiger partial charge in [0.2, 0.25) is 0 Å². The number of carbonyl (C=O) groups is 3. The number of rotatable bonds is 9. The molecule has 0 amide bonds. The van der Waals surface area contributed by atoms with Gasteiger partial charge >= 0.3 is 11.9 Å². The van der Waals surface area contributed by atoms with Crippen LogP contribution in [0.3, 0.4) is 0 Å². The minimum absolute atomic E-state index is 0.00631. The molecule has 0 fully saturated rings. The summed E-state index contributed by atoms with van der Waals surface area (Å²) in [5.41, 5.74) is 0.0902. The number of ketones is 1. The lowest BCUT2D eigenvalue weighted by Gasteiger charge is -2.04. The van der Waals surface area contributed by atoms with E-state index in [9.17, 15) is 24.5 Å². The van der Waals surface area contributed by atoms with Crippen LogP contribution in [0.1, 0.15) is 36.5 Å². The van der Waals surface area contributed by atoms with Crippen LogP contribution in [0.5, 0.6) is 0 Å². The maximum atomic E-state index is 11.8. The van der Waals surface area contributed by atoms with E-state index in [-0.39, 0.29) is 43.1 Å². The average molecular weight is 323 g/mol. The zero-order chi connectivity index (χ0) is 17.2. The Morgan fingerprint density at radius 2 is 1.61 bits per heavy atom. The zero-order valence-corrected chi connectivity index (χ0v) is 12.6. The third-order valence-corrected chi connectivity index (χ3v) is 2.83. The van der Waals surface area contributed by atoms with Gasteiger partial charge in [-0.15, -0.1) is 0 Å². The second-order valence-corrected chi connectivity index (χ2v) is 4.55. The van der Waals surface area contributed by atoms with E-state index in [4.69, 9.17) is 9.47 Å². The molecule has 124 valence electrons. The molecule has 0 atom stereocenters. The van der Waals surface area contributed by atoms with Gasteiger partial charge < -0.3 is 9.47 Å². The van der Waals surface area contributed by atoms with E-state index in [0.29, 0.717) is 0 Å². The predicted molar refractivity (Wildman–Crippen MR) is 78.9 cm³/mol. The molecule has 0 radical (unpaired) electrons. The smallest absolute Gasteiger partial charge is 0.306 e. The molecular formula is C15H17NO7. The van der Waals surface area contributed by atoms with E-state index in [1.807, 2.05) is 0 Å². The number of nitro groups is 1. The van der Waals surface area contributed by atoms with Gasteiger partial charge in [0.05, 0.1) is 11.5 Å². The predicted octanol–water partition coefficient (Wildman–Crippen LogP) is 2.05. The largest absolute Gasteiger partial charge is 0.466 e. The first kappa shape index (κ1) is 18.3. The number of non-ortho nitro benzene ring substituents is 1. The normalized spacial score (nSPS) is 9.96.